The number of rotatable bonds is 6. The van der Waals surface area contributed by atoms with Crippen LogP contribution in [0.25, 0.3) is 5.52 Å². The van der Waals surface area contributed by atoms with Gasteiger partial charge in [0.15, 0.2) is 0 Å². The number of aromatic nitrogens is 2. The van der Waals surface area contributed by atoms with Crippen LogP contribution in [0.2, 0.25) is 0 Å². The third kappa shape index (κ3) is 5.39. The highest BCUT2D eigenvalue weighted by molar-refractivity contribution is 5.56. The van der Waals surface area contributed by atoms with Crippen molar-refractivity contribution >= 4 is 5.52 Å². The molecule has 2 saturated carbocycles. The van der Waals surface area contributed by atoms with Gasteiger partial charge in [-0.05, 0) is 64.1 Å². The maximum Gasteiger partial charge on any atom is 0.418 e. The molecule has 4 aliphatic rings. The second-order valence-electron chi connectivity index (χ2n) is 11.9. The van der Waals surface area contributed by atoms with E-state index in [1.807, 2.05) is 6.92 Å². The summed E-state index contributed by atoms with van der Waals surface area (Å²) in [6.45, 7) is 4.91. The number of imidazole rings is 1. The number of nitrogens with one attached hydrogen (secondary N) is 2. The van der Waals surface area contributed by atoms with Gasteiger partial charge in [0.05, 0.1) is 30.5 Å². The Labute approximate surface area is 226 Å². The summed E-state index contributed by atoms with van der Waals surface area (Å²) in [5.41, 5.74) is 5.93. The number of ether oxygens (including phenoxy) is 1. The highest BCUT2D eigenvalue weighted by Gasteiger charge is 2.41. The van der Waals surface area contributed by atoms with E-state index in [0.717, 1.165) is 45.2 Å². The van der Waals surface area contributed by atoms with Crippen LogP contribution < -0.4 is 16.5 Å². The molecule has 4 fully saturated rings. The molecule has 0 spiro atoms. The van der Waals surface area contributed by atoms with Crippen LogP contribution in [0.3, 0.4) is 0 Å². The zero-order valence-electron chi connectivity index (χ0n) is 22.8. The molecule has 0 aromatic carbocycles. The molecule has 216 valence electrons. The molecule has 0 amide bonds. The van der Waals surface area contributed by atoms with Crippen LogP contribution in [-0.2, 0) is 17.5 Å². The zero-order chi connectivity index (χ0) is 27.3. The second kappa shape index (κ2) is 10.8. The Morgan fingerprint density at radius 1 is 1.13 bits per heavy atom. The van der Waals surface area contributed by atoms with Crippen molar-refractivity contribution < 1.29 is 17.9 Å². The first kappa shape index (κ1) is 27.2. The third-order valence-corrected chi connectivity index (χ3v) is 9.07. The molecule has 2 aliphatic heterocycles. The lowest BCUT2D eigenvalue weighted by atomic mass is 9.84. The molecule has 9 nitrogen and oxygen atoms in total. The van der Waals surface area contributed by atoms with Gasteiger partial charge in [0.1, 0.15) is 6.29 Å². The molecule has 2 N–H and O–H groups in total. The summed E-state index contributed by atoms with van der Waals surface area (Å²) in [5.74, 6) is 0. The van der Waals surface area contributed by atoms with E-state index in [1.54, 1.807) is 10.8 Å². The molecule has 2 aromatic rings. The number of halogens is 3. The summed E-state index contributed by atoms with van der Waals surface area (Å²) in [4.78, 5) is 20.6. The van der Waals surface area contributed by atoms with Gasteiger partial charge in [-0.1, -0.05) is 6.42 Å². The number of fused-ring (bicyclic) bond motifs is 1. The Kier molecular flexibility index (Phi) is 7.53. The number of hydrazine groups is 1. The van der Waals surface area contributed by atoms with Crippen LogP contribution in [0.5, 0.6) is 0 Å². The number of nitrogens with zero attached hydrogens (tertiary/aromatic N) is 5. The largest absolute Gasteiger partial charge is 0.418 e. The number of hydrogen-bond acceptors (Lipinski definition) is 7. The first-order chi connectivity index (χ1) is 18.7. The van der Waals surface area contributed by atoms with Crippen molar-refractivity contribution in [1.29, 1.82) is 0 Å². The molecule has 12 heteroatoms. The number of pyridine rings is 1. The van der Waals surface area contributed by atoms with E-state index < -0.39 is 11.7 Å². The van der Waals surface area contributed by atoms with Crippen molar-refractivity contribution in [3.8, 4) is 0 Å². The molecule has 4 heterocycles. The second-order valence-corrected chi connectivity index (χ2v) is 11.9. The van der Waals surface area contributed by atoms with Crippen LogP contribution in [0.15, 0.2) is 23.3 Å². The summed E-state index contributed by atoms with van der Waals surface area (Å²) in [5, 5.41) is 0. The average Bonchev–Trinajstić information content (AvgIpc) is 3.43. The molecule has 2 aromatic heterocycles. The van der Waals surface area contributed by atoms with Gasteiger partial charge in [-0.3, -0.25) is 23.7 Å². The highest BCUT2D eigenvalue weighted by Crippen LogP contribution is 2.38. The van der Waals surface area contributed by atoms with Gasteiger partial charge in [-0.2, -0.15) is 13.2 Å². The zero-order valence-corrected chi connectivity index (χ0v) is 22.8. The third-order valence-electron chi connectivity index (χ3n) is 9.07. The van der Waals surface area contributed by atoms with Crippen molar-refractivity contribution in [3.63, 3.8) is 0 Å². The van der Waals surface area contributed by atoms with E-state index >= 15 is 0 Å². The summed E-state index contributed by atoms with van der Waals surface area (Å²) in [7, 11) is 2.09. The van der Waals surface area contributed by atoms with Crippen LogP contribution in [-0.4, -0.2) is 81.6 Å². The summed E-state index contributed by atoms with van der Waals surface area (Å²) in [6.07, 6.45) is 5.64. The van der Waals surface area contributed by atoms with Gasteiger partial charge < -0.3 is 4.74 Å². The topological polar surface area (TPSA) is 69.4 Å². The Hall–Kier alpha value is -1.96. The molecule has 4 atom stereocenters. The van der Waals surface area contributed by atoms with Gasteiger partial charge in [0, 0.05) is 50.2 Å². The molecule has 0 radical (unpaired) electrons. The minimum absolute atomic E-state index is 0.0297. The SMILES string of the molecule is C[C@@H]1CN(Cc2cc(C(F)(F)F)c3cn(C4CCCC(N(C5CCC5)C5NNCN5C)C4)c(=O)n3c2)CCO1. The Balaban J connectivity index is 1.31. The van der Waals surface area contributed by atoms with Crippen molar-refractivity contribution in [2.75, 3.05) is 33.4 Å². The number of morpholine rings is 1. The predicted molar refractivity (Wildman–Crippen MR) is 141 cm³/mol. The fraction of sp³-hybridized carbons (Fsp3) is 0.741. The minimum Gasteiger partial charge on any atom is -0.376 e. The van der Waals surface area contributed by atoms with E-state index in [1.165, 1.54) is 23.1 Å². The number of hydrogen-bond donors (Lipinski definition) is 2. The van der Waals surface area contributed by atoms with E-state index in [0.29, 0.717) is 37.8 Å². The summed E-state index contributed by atoms with van der Waals surface area (Å²) in [6, 6.07) is 1.82. The minimum atomic E-state index is -4.56. The van der Waals surface area contributed by atoms with Gasteiger partial charge in [0.25, 0.3) is 0 Å². The lowest BCUT2D eigenvalue weighted by Crippen LogP contribution is -2.60. The predicted octanol–water partition coefficient (Wildman–Crippen LogP) is 2.96. The first-order valence-corrected chi connectivity index (χ1v) is 14.3. The van der Waals surface area contributed by atoms with Gasteiger partial charge in [-0.25, -0.2) is 15.6 Å². The van der Waals surface area contributed by atoms with Gasteiger partial charge >= 0.3 is 11.9 Å². The Bertz CT molecular complexity index is 1230. The molecular formula is C27H40F3N7O2. The summed E-state index contributed by atoms with van der Waals surface area (Å²) >= 11 is 0. The van der Waals surface area contributed by atoms with E-state index in [2.05, 4.69) is 32.6 Å². The normalized spacial score (nSPS) is 29.9. The van der Waals surface area contributed by atoms with Gasteiger partial charge in [0.2, 0.25) is 0 Å². The Morgan fingerprint density at radius 3 is 2.56 bits per heavy atom. The average molecular weight is 552 g/mol. The van der Waals surface area contributed by atoms with Crippen LogP contribution in [0, 0.1) is 0 Å². The van der Waals surface area contributed by atoms with E-state index in [4.69, 9.17) is 4.74 Å². The van der Waals surface area contributed by atoms with Crippen LogP contribution >= 0.6 is 0 Å². The van der Waals surface area contributed by atoms with Crippen molar-refractivity contribution in [2.24, 2.45) is 0 Å². The van der Waals surface area contributed by atoms with Crippen molar-refractivity contribution in [3.05, 3.63) is 40.1 Å². The molecule has 6 rings (SSSR count). The van der Waals surface area contributed by atoms with Gasteiger partial charge in [-0.15, -0.1) is 0 Å². The first-order valence-electron chi connectivity index (χ1n) is 14.3. The smallest absolute Gasteiger partial charge is 0.376 e. The fourth-order valence-electron chi connectivity index (χ4n) is 6.94. The summed E-state index contributed by atoms with van der Waals surface area (Å²) < 4.78 is 51.1. The van der Waals surface area contributed by atoms with E-state index in [-0.39, 0.29) is 35.7 Å². The molecule has 0 bridgehead atoms. The maximum absolute atomic E-state index is 14.3. The lowest BCUT2D eigenvalue weighted by molar-refractivity contribution is -0.136. The maximum atomic E-state index is 14.3. The van der Waals surface area contributed by atoms with Crippen LogP contribution in [0.1, 0.15) is 69.0 Å². The monoisotopic (exact) mass is 551 g/mol. The standard InChI is InChI=1S/C27H40F3N7O2/c1-18-13-34(9-10-39-18)14-19-11-23(27(28,29)30)24-16-35(26(38)36(24)15-19)21-7-4-8-22(12-21)37(20-5-3-6-20)25-32-31-17-33(25)2/h11,15-16,18,20-22,25,31-32H,3-10,12-14,17H2,1-2H3/t18-,21?,22?,25?/m1/s1. The molecule has 2 aliphatic carbocycles. The van der Waals surface area contributed by atoms with Crippen LogP contribution in [0.4, 0.5) is 13.2 Å². The quantitative estimate of drug-likeness (QED) is 0.572. The fourth-order valence-corrected chi connectivity index (χ4v) is 6.94. The number of alkyl halides is 3. The van der Waals surface area contributed by atoms with Crippen molar-refractivity contribution in [1.82, 2.24) is 34.5 Å². The molecule has 2 saturated heterocycles. The molecule has 3 unspecified atom stereocenters. The molecule has 39 heavy (non-hydrogen) atoms. The molecular weight excluding hydrogens is 511 g/mol. The lowest BCUT2D eigenvalue weighted by Gasteiger charge is -2.49. The van der Waals surface area contributed by atoms with Crippen molar-refractivity contribution in [2.45, 2.75) is 95.1 Å². The highest BCUT2D eigenvalue weighted by atomic mass is 19.4. The van der Waals surface area contributed by atoms with E-state index in [9.17, 15) is 18.0 Å². The Morgan fingerprint density at radius 2 is 1.90 bits per heavy atom.